The number of carbonyl (C=O) groups is 2. The van der Waals surface area contributed by atoms with Crippen molar-refractivity contribution in [3.63, 3.8) is 0 Å². The second-order valence-electron chi connectivity index (χ2n) is 4.38. The van der Waals surface area contributed by atoms with E-state index >= 15 is 0 Å². The highest BCUT2D eigenvalue weighted by molar-refractivity contribution is 6.36. The lowest BCUT2D eigenvalue weighted by atomic mass is 10.2. The molecule has 0 aromatic heterocycles. The molecule has 0 atom stereocenters. The number of benzene rings is 2. The predicted octanol–water partition coefficient (Wildman–Crippen LogP) is 4.10. The lowest BCUT2D eigenvalue weighted by Gasteiger charge is -2.08. The van der Waals surface area contributed by atoms with Crippen LogP contribution in [0.5, 0.6) is 0 Å². The van der Waals surface area contributed by atoms with Gasteiger partial charge >= 0.3 is 0 Å². The Kier molecular flexibility index (Phi) is 5.35. The van der Waals surface area contributed by atoms with Gasteiger partial charge in [0.25, 0.3) is 0 Å². The van der Waals surface area contributed by atoms with Crippen molar-refractivity contribution in [3.05, 3.63) is 58.3 Å². The van der Waals surface area contributed by atoms with E-state index in [0.29, 0.717) is 10.7 Å². The lowest BCUT2D eigenvalue weighted by molar-refractivity contribution is -0.123. The maximum atomic E-state index is 13.4. The zero-order valence-corrected chi connectivity index (χ0v) is 12.7. The Morgan fingerprint density at radius 3 is 2.23 bits per heavy atom. The Balaban J connectivity index is 1.94. The second kappa shape index (κ2) is 7.24. The van der Waals surface area contributed by atoms with Gasteiger partial charge in [-0.25, -0.2) is 4.39 Å². The third-order valence-corrected chi connectivity index (χ3v) is 3.22. The van der Waals surface area contributed by atoms with Crippen LogP contribution >= 0.6 is 23.2 Å². The van der Waals surface area contributed by atoms with E-state index in [9.17, 15) is 14.0 Å². The average molecular weight is 341 g/mol. The van der Waals surface area contributed by atoms with Crippen molar-refractivity contribution < 1.29 is 14.0 Å². The number of rotatable bonds is 4. The van der Waals surface area contributed by atoms with Crippen LogP contribution in [0.15, 0.2) is 42.5 Å². The van der Waals surface area contributed by atoms with Gasteiger partial charge in [-0.05, 0) is 30.3 Å². The molecule has 2 aromatic rings. The normalized spacial score (nSPS) is 10.1. The molecule has 0 spiro atoms. The van der Waals surface area contributed by atoms with E-state index in [2.05, 4.69) is 10.6 Å². The molecular formula is C15H11Cl2FN2O2. The lowest BCUT2D eigenvalue weighted by Crippen LogP contribution is -2.22. The summed E-state index contributed by atoms with van der Waals surface area (Å²) in [6.07, 6.45) is -0.465. The molecule has 2 aromatic carbocycles. The molecule has 0 aliphatic heterocycles. The van der Waals surface area contributed by atoms with Gasteiger partial charge in [0, 0.05) is 5.02 Å². The fourth-order valence-corrected chi connectivity index (χ4v) is 2.14. The number of hydrogen-bond donors (Lipinski definition) is 2. The first kappa shape index (κ1) is 16.3. The standard InChI is InChI=1S/C15H11Cl2FN2O2/c16-9-5-6-12(10(17)7-9)19-14(21)8-15(22)20-13-4-2-1-3-11(13)18/h1-7H,8H2,(H,19,21)(H,20,22). The van der Waals surface area contributed by atoms with Gasteiger partial charge in [-0.2, -0.15) is 0 Å². The molecule has 22 heavy (non-hydrogen) atoms. The molecule has 7 heteroatoms. The van der Waals surface area contributed by atoms with Gasteiger partial charge in [-0.15, -0.1) is 0 Å². The molecule has 2 amide bonds. The van der Waals surface area contributed by atoms with Gasteiger partial charge in [0.15, 0.2) is 0 Å². The molecule has 2 rings (SSSR count). The highest BCUT2D eigenvalue weighted by Crippen LogP contribution is 2.25. The van der Waals surface area contributed by atoms with Crippen LogP contribution in [0.2, 0.25) is 10.0 Å². The molecule has 2 N–H and O–H groups in total. The third kappa shape index (κ3) is 4.44. The number of para-hydroxylation sites is 1. The summed E-state index contributed by atoms with van der Waals surface area (Å²) in [6, 6.07) is 10.2. The van der Waals surface area contributed by atoms with E-state index in [1.54, 1.807) is 12.1 Å². The summed E-state index contributed by atoms with van der Waals surface area (Å²) in [6.45, 7) is 0. The van der Waals surface area contributed by atoms with Crippen LogP contribution in [-0.4, -0.2) is 11.8 Å². The Labute approximate surface area is 136 Å². The molecule has 0 aliphatic rings. The van der Waals surface area contributed by atoms with Crippen molar-refractivity contribution in [2.75, 3.05) is 10.6 Å². The zero-order valence-electron chi connectivity index (χ0n) is 11.2. The van der Waals surface area contributed by atoms with E-state index in [1.165, 1.54) is 30.3 Å². The fourth-order valence-electron chi connectivity index (χ4n) is 1.69. The minimum absolute atomic E-state index is 0.0184. The van der Waals surface area contributed by atoms with Crippen LogP contribution in [0.25, 0.3) is 0 Å². The van der Waals surface area contributed by atoms with Gasteiger partial charge in [0.05, 0.1) is 16.4 Å². The molecule has 0 saturated heterocycles. The van der Waals surface area contributed by atoms with E-state index < -0.39 is 24.1 Å². The molecular weight excluding hydrogens is 330 g/mol. The Hall–Kier alpha value is -2.11. The molecule has 0 heterocycles. The first-order chi connectivity index (χ1) is 10.5. The number of carbonyl (C=O) groups excluding carboxylic acids is 2. The van der Waals surface area contributed by atoms with Crippen molar-refractivity contribution >= 4 is 46.4 Å². The van der Waals surface area contributed by atoms with Crippen LogP contribution in [0.1, 0.15) is 6.42 Å². The summed E-state index contributed by atoms with van der Waals surface area (Å²) >= 11 is 11.7. The number of anilines is 2. The molecule has 0 unspecified atom stereocenters. The van der Waals surface area contributed by atoms with Crippen LogP contribution in [0, 0.1) is 5.82 Å². The summed E-state index contributed by atoms with van der Waals surface area (Å²) in [4.78, 5) is 23.5. The number of amides is 2. The molecule has 0 fully saturated rings. The summed E-state index contributed by atoms with van der Waals surface area (Å²) in [5.74, 6) is -1.78. The van der Waals surface area contributed by atoms with Crippen LogP contribution in [0.4, 0.5) is 15.8 Å². The highest BCUT2D eigenvalue weighted by Gasteiger charge is 2.13. The SMILES string of the molecule is O=C(CC(=O)Nc1ccc(Cl)cc1Cl)Nc1ccccc1F. The van der Waals surface area contributed by atoms with Crippen molar-refractivity contribution in [2.45, 2.75) is 6.42 Å². The summed E-state index contributed by atoms with van der Waals surface area (Å²) in [5.41, 5.74) is 0.361. The van der Waals surface area contributed by atoms with Crippen molar-refractivity contribution in [3.8, 4) is 0 Å². The van der Waals surface area contributed by atoms with Crippen LogP contribution in [-0.2, 0) is 9.59 Å². The molecule has 0 bridgehead atoms. The monoisotopic (exact) mass is 340 g/mol. The summed E-state index contributed by atoms with van der Waals surface area (Å²) < 4.78 is 13.4. The number of nitrogens with one attached hydrogen (secondary N) is 2. The molecule has 114 valence electrons. The number of hydrogen-bond acceptors (Lipinski definition) is 2. The Bertz CT molecular complexity index is 722. The molecule has 0 aliphatic carbocycles. The highest BCUT2D eigenvalue weighted by atomic mass is 35.5. The van der Waals surface area contributed by atoms with Crippen LogP contribution in [0.3, 0.4) is 0 Å². The Morgan fingerprint density at radius 1 is 0.955 bits per heavy atom. The van der Waals surface area contributed by atoms with E-state index in [4.69, 9.17) is 23.2 Å². The topological polar surface area (TPSA) is 58.2 Å². The maximum Gasteiger partial charge on any atom is 0.233 e. The minimum Gasteiger partial charge on any atom is -0.324 e. The summed E-state index contributed by atoms with van der Waals surface area (Å²) in [7, 11) is 0. The Morgan fingerprint density at radius 2 is 1.59 bits per heavy atom. The van der Waals surface area contributed by atoms with Gasteiger partial charge < -0.3 is 10.6 Å². The van der Waals surface area contributed by atoms with Crippen molar-refractivity contribution in [1.82, 2.24) is 0 Å². The second-order valence-corrected chi connectivity index (χ2v) is 5.22. The quantitative estimate of drug-likeness (QED) is 0.823. The van der Waals surface area contributed by atoms with E-state index in [-0.39, 0.29) is 10.7 Å². The zero-order chi connectivity index (χ0) is 16.1. The van der Waals surface area contributed by atoms with E-state index in [0.717, 1.165) is 0 Å². The summed E-state index contributed by atoms with van der Waals surface area (Å²) in [5, 5.41) is 5.50. The largest absolute Gasteiger partial charge is 0.324 e. The minimum atomic E-state index is -0.632. The predicted molar refractivity (Wildman–Crippen MR) is 84.7 cm³/mol. The van der Waals surface area contributed by atoms with Crippen molar-refractivity contribution in [2.24, 2.45) is 0 Å². The van der Waals surface area contributed by atoms with Gasteiger partial charge in [-0.1, -0.05) is 35.3 Å². The van der Waals surface area contributed by atoms with Gasteiger partial charge in [0.2, 0.25) is 11.8 Å². The first-order valence-electron chi connectivity index (χ1n) is 6.25. The molecule has 4 nitrogen and oxygen atoms in total. The molecule has 0 saturated carbocycles. The smallest absolute Gasteiger partial charge is 0.233 e. The fraction of sp³-hybridized carbons (Fsp3) is 0.0667. The van der Waals surface area contributed by atoms with Crippen molar-refractivity contribution in [1.29, 1.82) is 0 Å². The third-order valence-electron chi connectivity index (χ3n) is 2.67. The molecule has 0 radical (unpaired) electrons. The van der Waals surface area contributed by atoms with E-state index in [1.807, 2.05) is 0 Å². The van der Waals surface area contributed by atoms with Gasteiger partial charge in [-0.3, -0.25) is 9.59 Å². The number of halogens is 3. The maximum absolute atomic E-state index is 13.4. The first-order valence-corrected chi connectivity index (χ1v) is 7.00. The van der Waals surface area contributed by atoms with Crippen LogP contribution < -0.4 is 10.6 Å². The van der Waals surface area contributed by atoms with Gasteiger partial charge in [0.1, 0.15) is 12.2 Å². The average Bonchev–Trinajstić information content (AvgIpc) is 2.44.